The third kappa shape index (κ3) is 4.88. The lowest BCUT2D eigenvalue weighted by molar-refractivity contribution is -0.132. The molecule has 2 aromatic carbocycles. The molecule has 3 aliphatic heterocycles. The summed E-state index contributed by atoms with van der Waals surface area (Å²) in [6, 6.07) is 17.0. The fraction of sp³-hybridized carbons (Fsp3) is 0.385. The summed E-state index contributed by atoms with van der Waals surface area (Å²) in [5.74, 6) is -0.902. The molecule has 3 aliphatic rings. The number of aliphatic hydroxyl groups is 1. The first-order chi connectivity index (χ1) is 17.0. The molecule has 0 saturated carbocycles. The number of carbonyl (C=O) groups excluding carboxylic acids is 2. The Morgan fingerprint density at radius 3 is 2.43 bits per heavy atom. The van der Waals surface area contributed by atoms with Crippen molar-refractivity contribution in [3.8, 4) is 0 Å². The summed E-state index contributed by atoms with van der Waals surface area (Å²) in [6.07, 6.45) is -0.406. The lowest BCUT2D eigenvalue weighted by Gasteiger charge is -2.34. The molecule has 9 heteroatoms. The van der Waals surface area contributed by atoms with Gasteiger partial charge in [-0.3, -0.25) is 9.59 Å². The van der Waals surface area contributed by atoms with Gasteiger partial charge in [-0.2, -0.15) is 0 Å². The molecule has 4 N–H and O–H groups in total. The summed E-state index contributed by atoms with van der Waals surface area (Å²) in [7, 11) is 2.13. The maximum absolute atomic E-state index is 13.1. The molecule has 2 atom stereocenters. The Balaban J connectivity index is 1.19. The van der Waals surface area contributed by atoms with Crippen molar-refractivity contribution < 1.29 is 14.7 Å². The second-order valence-corrected chi connectivity index (χ2v) is 9.36. The van der Waals surface area contributed by atoms with Crippen molar-refractivity contribution in [2.75, 3.05) is 57.8 Å². The van der Waals surface area contributed by atoms with E-state index in [4.69, 9.17) is 0 Å². The van der Waals surface area contributed by atoms with Gasteiger partial charge < -0.3 is 30.5 Å². The number of hydrazine groups is 1. The Morgan fingerprint density at radius 2 is 1.74 bits per heavy atom. The minimum Gasteiger partial charge on any atom is -0.395 e. The van der Waals surface area contributed by atoms with Crippen molar-refractivity contribution in [3.63, 3.8) is 0 Å². The first-order valence-corrected chi connectivity index (χ1v) is 12.1. The van der Waals surface area contributed by atoms with Gasteiger partial charge in [-0.25, -0.2) is 5.43 Å². The van der Waals surface area contributed by atoms with Gasteiger partial charge >= 0.3 is 0 Å². The second kappa shape index (κ2) is 10.1. The fourth-order valence-corrected chi connectivity index (χ4v) is 4.89. The van der Waals surface area contributed by atoms with Gasteiger partial charge in [-0.1, -0.05) is 30.3 Å². The van der Waals surface area contributed by atoms with Crippen molar-refractivity contribution in [2.45, 2.75) is 12.1 Å². The molecular formula is C26H32N6O3. The van der Waals surface area contributed by atoms with Crippen LogP contribution in [0.3, 0.4) is 0 Å². The molecule has 1 saturated heterocycles. The number of rotatable bonds is 6. The number of hydrogen-bond donors (Lipinski definition) is 4. The van der Waals surface area contributed by atoms with Gasteiger partial charge in [-0.05, 0) is 36.9 Å². The summed E-state index contributed by atoms with van der Waals surface area (Å²) in [5.41, 5.74) is 10.6. The Labute approximate surface area is 205 Å². The standard InChI is InChI=1S/C26H32N6O3/c1-30-11-13-31(14-12-30)20-9-7-19(8-10-20)25(34)27-24-21-15-32(16-23(21)28-29-24)26(35)22(17-33)18-5-3-2-4-6-18/h2-10,22,24,28-29,33H,11-17H2,1H3,(H,27,34)/t22-,24?/m1/s1. The first kappa shape index (κ1) is 23.3. The van der Waals surface area contributed by atoms with E-state index in [9.17, 15) is 14.7 Å². The Morgan fingerprint density at radius 1 is 1.03 bits per heavy atom. The SMILES string of the molecule is CN1CCN(c2ccc(C(=O)NC3NNC4=C3CN(C(=O)[C@H](CO)c3ccccc3)C4)cc2)CC1. The molecule has 0 bridgehead atoms. The highest BCUT2D eigenvalue weighted by Gasteiger charge is 2.37. The molecule has 2 aromatic rings. The lowest BCUT2D eigenvalue weighted by Crippen LogP contribution is -2.50. The highest BCUT2D eigenvalue weighted by atomic mass is 16.3. The van der Waals surface area contributed by atoms with Crippen molar-refractivity contribution in [1.82, 2.24) is 26.0 Å². The molecule has 9 nitrogen and oxygen atoms in total. The molecule has 1 unspecified atom stereocenters. The maximum Gasteiger partial charge on any atom is 0.252 e. The van der Waals surface area contributed by atoms with E-state index in [0.29, 0.717) is 18.7 Å². The number of nitrogens with one attached hydrogen (secondary N) is 3. The van der Waals surface area contributed by atoms with Gasteiger partial charge in [-0.15, -0.1) is 0 Å². The molecule has 0 spiro atoms. The lowest BCUT2D eigenvalue weighted by atomic mass is 9.98. The van der Waals surface area contributed by atoms with Crippen molar-refractivity contribution in [3.05, 3.63) is 77.0 Å². The summed E-state index contributed by atoms with van der Waals surface area (Å²) in [5, 5.41) is 12.9. The largest absolute Gasteiger partial charge is 0.395 e. The van der Waals surface area contributed by atoms with Gasteiger partial charge in [0.2, 0.25) is 5.91 Å². The topological polar surface area (TPSA) is 100 Å². The monoisotopic (exact) mass is 476 g/mol. The number of hydrogen-bond acceptors (Lipinski definition) is 7. The van der Waals surface area contributed by atoms with Gasteiger partial charge in [0.15, 0.2) is 0 Å². The minimum absolute atomic E-state index is 0.125. The van der Waals surface area contributed by atoms with Crippen LogP contribution in [0.5, 0.6) is 0 Å². The predicted octanol–water partition coefficient (Wildman–Crippen LogP) is 0.475. The quantitative estimate of drug-likeness (QED) is 0.481. The zero-order valence-corrected chi connectivity index (χ0v) is 19.9. The molecule has 0 aromatic heterocycles. The molecule has 1 fully saturated rings. The van der Waals surface area contributed by atoms with E-state index in [1.807, 2.05) is 54.6 Å². The van der Waals surface area contributed by atoms with E-state index in [2.05, 4.69) is 33.0 Å². The average Bonchev–Trinajstić information content (AvgIpc) is 3.48. The van der Waals surface area contributed by atoms with E-state index in [1.165, 1.54) is 0 Å². The van der Waals surface area contributed by atoms with Crippen LogP contribution in [-0.2, 0) is 4.79 Å². The van der Waals surface area contributed by atoms with Crippen LogP contribution in [0.25, 0.3) is 0 Å². The minimum atomic E-state index is -0.601. The average molecular weight is 477 g/mol. The smallest absolute Gasteiger partial charge is 0.252 e. The zero-order valence-electron chi connectivity index (χ0n) is 19.9. The second-order valence-electron chi connectivity index (χ2n) is 9.36. The number of anilines is 1. The van der Waals surface area contributed by atoms with E-state index in [-0.39, 0.29) is 18.4 Å². The van der Waals surface area contributed by atoms with Gasteiger partial charge in [0.1, 0.15) is 6.17 Å². The number of amides is 2. The van der Waals surface area contributed by atoms with Crippen LogP contribution in [0.15, 0.2) is 65.9 Å². The maximum atomic E-state index is 13.1. The van der Waals surface area contributed by atoms with Crippen LogP contribution in [0.2, 0.25) is 0 Å². The van der Waals surface area contributed by atoms with Crippen molar-refractivity contribution in [1.29, 1.82) is 0 Å². The van der Waals surface area contributed by atoms with Crippen LogP contribution in [0.1, 0.15) is 21.8 Å². The third-order valence-corrected chi connectivity index (χ3v) is 7.08. The molecular weight excluding hydrogens is 444 g/mol. The van der Waals surface area contributed by atoms with E-state index in [1.54, 1.807) is 4.90 Å². The first-order valence-electron chi connectivity index (χ1n) is 12.1. The number of benzene rings is 2. The number of nitrogens with zero attached hydrogens (tertiary/aromatic N) is 3. The summed E-state index contributed by atoms with van der Waals surface area (Å²) in [4.78, 5) is 32.4. The Bertz CT molecular complexity index is 1100. The van der Waals surface area contributed by atoms with Gasteiger partial charge in [0.05, 0.1) is 24.8 Å². The highest BCUT2D eigenvalue weighted by molar-refractivity contribution is 5.95. The van der Waals surface area contributed by atoms with Crippen LogP contribution >= 0.6 is 0 Å². The van der Waals surface area contributed by atoms with Crippen molar-refractivity contribution >= 4 is 17.5 Å². The Hall–Kier alpha value is -3.40. The van der Waals surface area contributed by atoms with Crippen LogP contribution in [0, 0.1) is 0 Å². The summed E-state index contributed by atoms with van der Waals surface area (Å²) >= 11 is 0. The number of piperazine rings is 1. The van der Waals surface area contributed by atoms with Gasteiger partial charge in [0.25, 0.3) is 5.91 Å². The number of aliphatic hydroxyl groups excluding tert-OH is 1. The normalized spacial score (nSPS) is 21.0. The molecule has 0 radical (unpaired) electrons. The van der Waals surface area contributed by atoms with Crippen LogP contribution in [-0.4, -0.2) is 85.8 Å². The van der Waals surface area contributed by atoms with Crippen LogP contribution in [0.4, 0.5) is 5.69 Å². The summed E-state index contributed by atoms with van der Waals surface area (Å²) < 4.78 is 0. The van der Waals surface area contributed by atoms with E-state index < -0.39 is 12.1 Å². The Kier molecular flexibility index (Phi) is 6.72. The fourth-order valence-electron chi connectivity index (χ4n) is 4.89. The molecule has 2 amide bonds. The zero-order chi connectivity index (χ0) is 24.4. The third-order valence-electron chi connectivity index (χ3n) is 7.08. The van der Waals surface area contributed by atoms with E-state index >= 15 is 0 Å². The molecule has 35 heavy (non-hydrogen) atoms. The van der Waals surface area contributed by atoms with Gasteiger partial charge in [0, 0.05) is 49.5 Å². The van der Waals surface area contributed by atoms with Crippen molar-refractivity contribution in [2.24, 2.45) is 0 Å². The number of carbonyl (C=O) groups is 2. The van der Waals surface area contributed by atoms with E-state index in [0.717, 1.165) is 48.7 Å². The number of likely N-dealkylation sites (N-methyl/N-ethyl adjacent to an activating group) is 1. The predicted molar refractivity (Wildman–Crippen MR) is 134 cm³/mol. The molecule has 0 aliphatic carbocycles. The summed E-state index contributed by atoms with van der Waals surface area (Å²) in [6.45, 7) is 4.58. The van der Waals surface area contributed by atoms with Crippen LogP contribution < -0.4 is 21.1 Å². The highest BCUT2D eigenvalue weighted by Crippen LogP contribution is 2.26. The molecule has 184 valence electrons. The molecule has 3 heterocycles. The molecule has 5 rings (SSSR count).